The van der Waals surface area contributed by atoms with Gasteiger partial charge < -0.3 is 10.2 Å². The number of amides is 2. The van der Waals surface area contributed by atoms with E-state index < -0.39 is 0 Å². The molecule has 0 saturated carbocycles. The van der Waals surface area contributed by atoms with Gasteiger partial charge in [0.2, 0.25) is 11.8 Å². The molecule has 5 nitrogen and oxygen atoms in total. The summed E-state index contributed by atoms with van der Waals surface area (Å²) in [4.78, 5) is 31.7. The zero-order chi connectivity index (χ0) is 16.4. The number of anilines is 1. The Kier molecular flexibility index (Phi) is 4.43. The van der Waals surface area contributed by atoms with E-state index >= 15 is 0 Å². The molecule has 1 fully saturated rings. The summed E-state index contributed by atoms with van der Waals surface area (Å²) >= 11 is 1.58. The quantitative estimate of drug-likeness (QED) is 0.941. The number of pyridine rings is 1. The first kappa shape index (κ1) is 15.7. The van der Waals surface area contributed by atoms with Crippen LogP contribution in [0.15, 0.2) is 35.8 Å². The fourth-order valence-corrected chi connectivity index (χ4v) is 3.92. The SMILES string of the molecule is Cc1ccnc(NC(=O)[C@H]2CCC(=O)N(C)[C@@H]2c2cccs2)c1. The van der Waals surface area contributed by atoms with Crippen LogP contribution in [0.2, 0.25) is 0 Å². The Morgan fingerprint density at radius 3 is 2.96 bits per heavy atom. The third-order valence-electron chi connectivity index (χ3n) is 4.20. The number of nitrogens with zero attached hydrogens (tertiary/aromatic N) is 2. The molecule has 1 aliphatic rings. The topological polar surface area (TPSA) is 62.3 Å². The Hall–Kier alpha value is -2.21. The molecule has 6 heteroatoms. The number of carbonyl (C=O) groups is 2. The van der Waals surface area contributed by atoms with Crippen LogP contribution < -0.4 is 5.32 Å². The standard InChI is InChI=1S/C17H19N3O2S/c1-11-7-8-18-14(10-11)19-17(22)12-5-6-15(21)20(2)16(12)13-4-3-9-23-13/h3-4,7-10,12,16H,5-6H2,1-2H3,(H,18,19,22)/t12-,16-/m0/s1. The average Bonchev–Trinajstić information content (AvgIpc) is 3.03. The largest absolute Gasteiger partial charge is 0.337 e. The van der Waals surface area contributed by atoms with Gasteiger partial charge in [-0.2, -0.15) is 0 Å². The normalized spacial score (nSPS) is 21.3. The van der Waals surface area contributed by atoms with E-state index in [-0.39, 0.29) is 23.8 Å². The van der Waals surface area contributed by atoms with Crippen molar-refractivity contribution in [2.45, 2.75) is 25.8 Å². The summed E-state index contributed by atoms with van der Waals surface area (Å²) in [7, 11) is 1.77. The lowest BCUT2D eigenvalue weighted by Gasteiger charge is -2.37. The lowest BCUT2D eigenvalue weighted by Crippen LogP contribution is -2.44. The lowest BCUT2D eigenvalue weighted by atomic mass is 9.87. The molecule has 0 aromatic carbocycles. The molecule has 3 heterocycles. The molecule has 2 atom stereocenters. The van der Waals surface area contributed by atoms with E-state index in [0.29, 0.717) is 18.7 Å². The number of carbonyl (C=O) groups excluding carboxylic acids is 2. The molecule has 2 aromatic heterocycles. The van der Waals surface area contributed by atoms with E-state index in [1.165, 1.54) is 0 Å². The minimum Gasteiger partial charge on any atom is -0.337 e. The second kappa shape index (κ2) is 6.50. The fourth-order valence-electron chi connectivity index (χ4n) is 2.98. The molecule has 0 bridgehead atoms. The molecular formula is C17H19N3O2S. The Morgan fingerprint density at radius 1 is 1.43 bits per heavy atom. The molecule has 0 aliphatic carbocycles. The van der Waals surface area contributed by atoms with Crippen molar-refractivity contribution in [3.63, 3.8) is 0 Å². The van der Waals surface area contributed by atoms with E-state index in [1.807, 2.05) is 36.6 Å². The van der Waals surface area contributed by atoms with E-state index in [0.717, 1.165) is 10.4 Å². The molecule has 2 amide bonds. The van der Waals surface area contributed by atoms with Gasteiger partial charge in [0.1, 0.15) is 5.82 Å². The van der Waals surface area contributed by atoms with E-state index in [9.17, 15) is 9.59 Å². The van der Waals surface area contributed by atoms with Gasteiger partial charge in [0.05, 0.1) is 12.0 Å². The Bertz CT molecular complexity index is 714. The first-order valence-electron chi connectivity index (χ1n) is 7.59. The molecular weight excluding hydrogens is 310 g/mol. The van der Waals surface area contributed by atoms with Crippen LogP contribution in [-0.4, -0.2) is 28.7 Å². The van der Waals surface area contributed by atoms with E-state index in [2.05, 4.69) is 10.3 Å². The first-order valence-corrected chi connectivity index (χ1v) is 8.47. The third-order valence-corrected chi connectivity index (χ3v) is 5.14. The van der Waals surface area contributed by atoms with Gasteiger partial charge in [0, 0.05) is 24.5 Å². The van der Waals surface area contributed by atoms with Crippen molar-refractivity contribution in [2.24, 2.45) is 5.92 Å². The minimum atomic E-state index is -0.265. The Labute approximate surface area is 139 Å². The molecule has 1 saturated heterocycles. The molecule has 23 heavy (non-hydrogen) atoms. The van der Waals surface area contributed by atoms with E-state index in [1.54, 1.807) is 29.5 Å². The van der Waals surface area contributed by atoms with Crippen LogP contribution in [0.1, 0.15) is 29.3 Å². The third kappa shape index (κ3) is 3.27. The fraction of sp³-hybridized carbons (Fsp3) is 0.353. The van der Waals surface area contributed by atoms with Crippen molar-refractivity contribution in [3.8, 4) is 0 Å². The second-order valence-electron chi connectivity index (χ2n) is 5.82. The molecule has 1 aliphatic heterocycles. The number of hydrogen-bond acceptors (Lipinski definition) is 4. The average molecular weight is 329 g/mol. The maximum atomic E-state index is 12.8. The Balaban J connectivity index is 1.84. The van der Waals surface area contributed by atoms with Gasteiger partial charge in [-0.05, 0) is 42.5 Å². The van der Waals surface area contributed by atoms with E-state index in [4.69, 9.17) is 0 Å². The van der Waals surface area contributed by atoms with Crippen molar-refractivity contribution < 1.29 is 9.59 Å². The summed E-state index contributed by atoms with van der Waals surface area (Å²) in [5, 5.41) is 4.87. The van der Waals surface area contributed by atoms with Crippen LogP contribution in [0.25, 0.3) is 0 Å². The number of thiophene rings is 1. The summed E-state index contributed by atoms with van der Waals surface area (Å²) in [6.45, 7) is 1.96. The highest BCUT2D eigenvalue weighted by Crippen LogP contribution is 2.38. The maximum absolute atomic E-state index is 12.8. The number of piperidine rings is 1. The van der Waals surface area contributed by atoms with Crippen LogP contribution in [0.5, 0.6) is 0 Å². The highest BCUT2D eigenvalue weighted by atomic mass is 32.1. The number of aryl methyl sites for hydroxylation is 1. The lowest BCUT2D eigenvalue weighted by molar-refractivity contribution is -0.140. The molecule has 2 aromatic rings. The van der Waals surface area contributed by atoms with Gasteiger partial charge in [-0.25, -0.2) is 4.98 Å². The molecule has 0 radical (unpaired) electrons. The predicted molar refractivity (Wildman–Crippen MR) is 90.2 cm³/mol. The second-order valence-corrected chi connectivity index (χ2v) is 6.80. The van der Waals surface area contributed by atoms with Crippen molar-refractivity contribution >= 4 is 29.0 Å². The maximum Gasteiger partial charge on any atom is 0.231 e. The molecule has 0 spiro atoms. The van der Waals surface area contributed by atoms with Crippen molar-refractivity contribution in [1.82, 2.24) is 9.88 Å². The van der Waals surface area contributed by atoms with Gasteiger partial charge in [-0.1, -0.05) is 6.07 Å². The molecule has 1 N–H and O–H groups in total. The van der Waals surface area contributed by atoms with Crippen LogP contribution >= 0.6 is 11.3 Å². The highest BCUT2D eigenvalue weighted by Gasteiger charge is 2.39. The number of aromatic nitrogens is 1. The summed E-state index contributed by atoms with van der Waals surface area (Å²) in [6, 6.07) is 7.45. The van der Waals surface area contributed by atoms with Gasteiger partial charge in [-0.15, -0.1) is 11.3 Å². The molecule has 120 valence electrons. The predicted octanol–water partition coefficient (Wildman–Crippen LogP) is 3.00. The highest BCUT2D eigenvalue weighted by molar-refractivity contribution is 7.10. The smallest absolute Gasteiger partial charge is 0.231 e. The van der Waals surface area contributed by atoms with Crippen LogP contribution in [0, 0.1) is 12.8 Å². The van der Waals surface area contributed by atoms with Crippen LogP contribution in [0.4, 0.5) is 5.82 Å². The monoisotopic (exact) mass is 329 g/mol. The zero-order valence-electron chi connectivity index (χ0n) is 13.2. The summed E-state index contributed by atoms with van der Waals surface area (Å²) < 4.78 is 0. The number of hydrogen-bond donors (Lipinski definition) is 1. The van der Waals surface area contributed by atoms with Gasteiger partial charge >= 0.3 is 0 Å². The minimum absolute atomic E-state index is 0.0825. The van der Waals surface area contributed by atoms with Crippen molar-refractivity contribution in [2.75, 3.05) is 12.4 Å². The van der Waals surface area contributed by atoms with Gasteiger partial charge in [0.15, 0.2) is 0 Å². The van der Waals surface area contributed by atoms with Gasteiger partial charge in [-0.3, -0.25) is 9.59 Å². The zero-order valence-corrected chi connectivity index (χ0v) is 14.0. The number of rotatable bonds is 3. The number of likely N-dealkylation sites (tertiary alicyclic amines) is 1. The summed E-state index contributed by atoms with van der Waals surface area (Å²) in [5.41, 5.74) is 1.04. The number of nitrogens with one attached hydrogen (secondary N) is 1. The summed E-state index contributed by atoms with van der Waals surface area (Å²) in [6.07, 6.45) is 2.64. The Morgan fingerprint density at radius 2 is 2.26 bits per heavy atom. The summed E-state index contributed by atoms with van der Waals surface area (Å²) in [5.74, 6) is 0.292. The van der Waals surface area contributed by atoms with Crippen LogP contribution in [-0.2, 0) is 9.59 Å². The molecule has 3 rings (SSSR count). The first-order chi connectivity index (χ1) is 11.1. The van der Waals surface area contributed by atoms with Gasteiger partial charge in [0.25, 0.3) is 0 Å². The molecule has 0 unspecified atom stereocenters. The van der Waals surface area contributed by atoms with Crippen molar-refractivity contribution in [1.29, 1.82) is 0 Å². The van der Waals surface area contributed by atoms with Crippen LogP contribution in [0.3, 0.4) is 0 Å². The van der Waals surface area contributed by atoms with Crippen molar-refractivity contribution in [3.05, 3.63) is 46.3 Å².